The largest absolute Gasteiger partial charge is 1.00 e. The molecule has 3 heteroatoms. The summed E-state index contributed by atoms with van der Waals surface area (Å²) in [5.74, 6) is 0. The number of hydrogen-bond donors (Lipinski definition) is 0. The summed E-state index contributed by atoms with van der Waals surface area (Å²) in [6.45, 7) is 9.38. The van der Waals surface area contributed by atoms with E-state index >= 15 is 0 Å². The molecule has 0 saturated heterocycles. The van der Waals surface area contributed by atoms with Crippen LogP contribution < -0.4 is 28.1 Å². The van der Waals surface area contributed by atoms with Gasteiger partial charge >= 0.3 is 154 Å². The Kier molecular flexibility index (Phi) is 7.05. The smallest absolute Gasteiger partial charge is 1.00 e. The van der Waals surface area contributed by atoms with E-state index in [0.29, 0.717) is 0 Å². The Balaban J connectivity index is 0.00000121. The molecule has 0 aromatic heterocycles. The summed E-state index contributed by atoms with van der Waals surface area (Å²) in [5.41, 5.74) is 9.15. The second-order valence-electron chi connectivity index (χ2n) is 7.24. The minimum Gasteiger partial charge on any atom is -1.00 e. The van der Waals surface area contributed by atoms with E-state index < -0.39 is 21.3 Å². The van der Waals surface area contributed by atoms with Crippen LogP contribution in [0.25, 0.3) is 11.1 Å². The van der Waals surface area contributed by atoms with Crippen LogP contribution >= 0.6 is 0 Å². The van der Waals surface area contributed by atoms with E-state index in [1.165, 1.54) is 28.7 Å². The van der Waals surface area contributed by atoms with E-state index in [1.807, 2.05) is 0 Å². The molecule has 4 rings (SSSR count). The van der Waals surface area contributed by atoms with Gasteiger partial charge in [0, 0.05) is 0 Å². The maximum Gasteiger partial charge on any atom is -1.00 e. The van der Waals surface area contributed by atoms with Crippen LogP contribution in [0.15, 0.2) is 63.0 Å². The van der Waals surface area contributed by atoms with Crippen molar-refractivity contribution in [2.75, 3.05) is 0 Å². The van der Waals surface area contributed by atoms with Gasteiger partial charge in [-0.05, 0) is 0 Å². The predicted molar refractivity (Wildman–Crippen MR) is 102 cm³/mol. The van der Waals surface area contributed by atoms with Gasteiger partial charge in [-0.1, -0.05) is 0 Å². The van der Waals surface area contributed by atoms with Gasteiger partial charge in [-0.25, -0.2) is 0 Å². The Labute approximate surface area is 177 Å². The first kappa shape index (κ1) is 21.6. The van der Waals surface area contributed by atoms with Crippen molar-refractivity contribution in [3.8, 4) is 11.1 Å². The molecule has 0 bridgehead atoms. The van der Waals surface area contributed by atoms with Crippen LogP contribution in [-0.4, -0.2) is 3.21 Å². The average Bonchev–Trinajstić information content (AvgIpc) is 3.10. The molecule has 2 aromatic rings. The standard InChI is InChI=1S/C13H9.C7H9.C3H6.2ClH.Zr/c1-3-7-12-10(5-1)9-11-6-2-4-8-13(11)12;1-6-4-3-5-7(6)2;1-3-2;;;/h1-5,7-8H,9H2;4H,3H2,1-2H3;1-2H3;2*1H;/q;;;;;+2/p-2. The SMILES string of the molecule is CC1=CC[C]([Zr+2](=[C](C)C)[c]2cccc3c2Cc2ccccc2-3)=C1C.[Cl-].[Cl-]. The zero-order valence-electron chi connectivity index (χ0n) is 15.8. The molecule has 134 valence electrons. The Bertz CT molecular complexity index is 944. The van der Waals surface area contributed by atoms with Crippen LogP contribution in [0.1, 0.15) is 45.2 Å². The zero-order valence-corrected chi connectivity index (χ0v) is 19.8. The zero-order chi connectivity index (χ0) is 16.8. The molecule has 0 fully saturated rings. The summed E-state index contributed by atoms with van der Waals surface area (Å²) < 4.78 is 5.20. The fraction of sp³-hybridized carbons (Fsp3) is 0.261. The maximum absolute atomic E-state index is 2.44. The topological polar surface area (TPSA) is 0 Å². The third-order valence-corrected chi connectivity index (χ3v) is 13.4. The number of rotatable bonds is 2. The second kappa shape index (κ2) is 8.51. The van der Waals surface area contributed by atoms with Crippen molar-refractivity contribution in [2.24, 2.45) is 0 Å². The van der Waals surface area contributed by atoms with Crippen molar-refractivity contribution in [1.82, 2.24) is 0 Å². The van der Waals surface area contributed by atoms with Crippen LogP contribution in [0.2, 0.25) is 0 Å². The van der Waals surface area contributed by atoms with Gasteiger partial charge in [-0.3, -0.25) is 0 Å². The van der Waals surface area contributed by atoms with Crippen LogP contribution in [-0.2, 0) is 27.7 Å². The Hall–Kier alpha value is -0.747. The van der Waals surface area contributed by atoms with Gasteiger partial charge in [0.2, 0.25) is 0 Å². The number of fused-ring (bicyclic) bond motifs is 3. The molecular weight excluding hydrogens is 438 g/mol. The van der Waals surface area contributed by atoms with Crippen LogP contribution in [0.4, 0.5) is 0 Å². The summed E-state index contributed by atoms with van der Waals surface area (Å²) in [7, 11) is 0. The Morgan fingerprint density at radius 2 is 1.58 bits per heavy atom. The first-order chi connectivity index (χ1) is 11.6. The van der Waals surface area contributed by atoms with Gasteiger partial charge in [-0.15, -0.1) is 0 Å². The minimum absolute atomic E-state index is 0. The molecule has 0 spiro atoms. The van der Waals surface area contributed by atoms with Gasteiger partial charge < -0.3 is 24.8 Å². The van der Waals surface area contributed by atoms with Crippen LogP contribution in [0.3, 0.4) is 0 Å². The predicted octanol–water partition coefficient (Wildman–Crippen LogP) is -0.654. The first-order valence-corrected chi connectivity index (χ1v) is 12.5. The number of allylic oxidation sites excluding steroid dienone is 4. The monoisotopic (exact) mass is 460 g/mol. The third kappa shape index (κ3) is 3.51. The molecule has 0 heterocycles. The molecule has 0 atom stereocenters. The van der Waals surface area contributed by atoms with Crippen molar-refractivity contribution in [3.05, 3.63) is 74.1 Å². The quantitative estimate of drug-likeness (QED) is 0.475. The van der Waals surface area contributed by atoms with Gasteiger partial charge in [0.25, 0.3) is 0 Å². The van der Waals surface area contributed by atoms with E-state index in [0.717, 1.165) is 6.42 Å². The van der Waals surface area contributed by atoms with E-state index in [-0.39, 0.29) is 24.8 Å². The van der Waals surface area contributed by atoms with Gasteiger partial charge in [-0.2, -0.15) is 0 Å². The summed E-state index contributed by atoms with van der Waals surface area (Å²) in [6.07, 6.45) is 4.75. The van der Waals surface area contributed by atoms with E-state index in [1.54, 1.807) is 20.9 Å². The van der Waals surface area contributed by atoms with Crippen molar-refractivity contribution < 1.29 is 46.1 Å². The Morgan fingerprint density at radius 1 is 0.885 bits per heavy atom. The summed E-state index contributed by atoms with van der Waals surface area (Å²) in [4.78, 5) is 0. The molecule has 0 aliphatic heterocycles. The number of benzene rings is 2. The van der Waals surface area contributed by atoms with Crippen molar-refractivity contribution in [1.29, 1.82) is 0 Å². The van der Waals surface area contributed by atoms with Gasteiger partial charge in [0.1, 0.15) is 0 Å². The number of hydrogen-bond acceptors (Lipinski definition) is 0. The van der Waals surface area contributed by atoms with Crippen LogP contribution in [0, 0.1) is 0 Å². The molecule has 2 aromatic carbocycles. The fourth-order valence-corrected chi connectivity index (χ4v) is 11.9. The van der Waals surface area contributed by atoms with E-state index in [4.69, 9.17) is 0 Å². The summed E-state index contributed by atoms with van der Waals surface area (Å²) in [5, 5.41) is 0. The number of halogens is 2. The van der Waals surface area contributed by atoms with Gasteiger partial charge in [0.05, 0.1) is 0 Å². The van der Waals surface area contributed by atoms with Crippen molar-refractivity contribution >= 4 is 6.48 Å². The second-order valence-corrected chi connectivity index (χ2v) is 14.3. The Morgan fingerprint density at radius 3 is 2.23 bits per heavy atom. The molecule has 2 aliphatic rings. The average molecular weight is 463 g/mol. The first-order valence-electron chi connectivity index (χ1n) is 8.83. The van der Waals surface area contributed by atoms with E-state index in [9.17, 15) is 0 Å². The molecular formula is C23H24Cl2Zr. The van der Waals surface area contributed by atoms with Crippen molar-refractivity contribution in [3.63, 3.8) is 0 Å². The molecule has 2 aliphatic carbocycles. The molecule has 26 heavy (non-hydrogen) atoms. The normalized spacial score (nSPS) is 13.7. The minimum atomic E-state index is -1.95. The molecule has 0 saturated carbocycles. The molecule has 0 nitrogen and oxygen atoms in total. The molecule has 0 unspecified atom stereocenters. The molecule has 0 radical (unpaired) electrons. The fourth-order valence-electron chi connectivity index (χ4n) is 4.21. The maximum atomic E-state index is 2.44. The molecule has 0 amide bonds. The van der Waals surface area contributed by atoms with Gasteiger partial charge in [0.15, 0.2) is 0 Å². The third-order valence-electron chi connectivity index (χ3n) is 5.58. The summed E-state index contributed by atoms with van der Waals surface area (Å²) >= 11 is -1.95. The van der Waals surface area contributed by atoms with Crippen molar-refractivity contribution in [2.45, 2.75) is 40.5 Å². The molecule has 0 N–H and O–H groups in total. The summed E-state index contributed by atoms with van der Waals surface area (Å²) in [6, 6.07) is 16.0. The van der Waals surface area contributed by atoms with Crippen LogP contribution in [0.5, 0.6) is 0 Å². The van der Waals surface area contributed by atoms with E-state index in [2.05, 4.69) is 76.2 Å².